The maximum Gasteiger partial charge on any atom is 0.0789 e. The molecule has 1 N–H and O–H groups in total. The molecule has 2 fully saturated rings. The molecule has 0 bridgehead atoms. The van der Waals surface area contributed by atoms with Crippen molar-refractivity contribution in [1.82, 2.24) is 4.90 Å². The van der Waals surface area contributed by atoms with Crippen molar-refractivity contribution in [2.24, 2.45) is 0 Å². The lowest BCUT2D eigenvalue weighted by Crippen LogP contribution is -2.51. The number of ether oxygens (including phenoxy) is 1. The van der Waals surface area contributed by atoms with Gasteiger partial charge in [-0.3, -0.25) is 4.90 Å². The summed E-state index contributed by atoms with van der Waals surface area (Å²) in [7, 11) is 0. The van der Waals surface area contributed by atoms with Gasteiger partial charge in [0.15, 0.2) is 0 Å². The van der Waals surface area contributed by atoms with Crippen molar-refractivity contribution in [2.45, 2.75) is 83.1 Å². The maximum absolute atomic E-state index is 9.38. The average Bonchev–Trinajstić information content (AvgIpc) is 2.80. The van der Waals surface area contributed by atoms with Crippen LogP contribution in [-0.2, 0) is 4.74 Å². The van der Waals surface area contributed by atoms with E-state index in [-0.39, 0.29) is 17.8 Å². The highest BCUT2D eigenvalue weighted by Gasteiger charge is 2.49. The van der Waals surface area contributed by atoms with Crippen molar-refractivity contribution < 1.29 is 9.84 Å². The number of hydrogen-bond acceptors (Lipinski definition) is 3. The first-order valence-corrected chi connectivity index (χ1v) is 7.42. The van der Waals surface area contributed by atoms with Gasteiger partial charge in [0.05, 0.1) is 17.8 Å². The fraction of sp³-hybridized carbons (Fsp3) is 1.00. The molecule has 2 rings (SSSR count). The third-order valence-corrected chi connectivity index (χ3v) is 4.58. The first-order valence-electron chi connectivity index (χ1n) is 7.42. The minimum atomic E-state index is -0.110. The Bertz CT molecular complexity index is 282. The van der Waals surface area contributed by atoms with E-state index in [1.54, 1.807) is 0 Å². The molecule has 0 amide bonds. The molecule has 0 aromatic heterocycles. The molecule has 106 valence electrons. The monoisotopic (exact) mass is 255 g/mol. The minimum absolute atomic E-state index is 0.0412. The van der Waals surface area contributed by atoms with Crippen molar-refractivity contribution in [3.05, 3.63) is 0 Å². The van der Waals surface area contributed by atoms with Crippen LogP contribution in [-0.4, -0.2) is 46.4 Å². The second kappa shape index (κ2) is 5.10. The summed E-state index contributed by atoms with van der Waals surface area (Å²) in [5.41, 5.74) is -0.151. The summed E-state index contributed by atoms with van der Waals surface area (Å²) in [4.78, 5) is 2.53. The van der Waals surface area contributed by atoms with Gasteiger partial charge in [0.25, 0.3) is 0 Å². The minimum Gasteiger partial charge on any atom is -0.395 e. The van der Waals surface area contributed by atoms with Gasteiger partial charge in [0, 0.05) is 18.6 Å². The fourth-order valence-electron chi connectivity index (χ4n) is 3.99. The molecule has 1 saturated carbocycles. The van der Waals surface area contributed by atoms with Gasteiger partial charge in [0.1, 0.15) is 0 Å². The number of aliphatic hydroxyl groups is 1. The average molecular weight is 255 g/mol. The molecule has 1 unspecified atom stereocenters. The standard InChI is InChI=1S/C15H29NO2/c1-14(2)11-13(15(3,4)18-14)16(9-10-17)12-7-5-6-8-12/h12-13,17H,5-11H2,1-4H3. The topological polar surface area (TPSA) is 32.7 Å². The van der Waals surface area contributed by atoms with Crippen LogP contribution in [0.2, 0.25) is 0 Å². The fourth-order valence-corrected chi connectivity index (χ4v) is 3.99. The van der Waals surface area contributed by atoms with Crippen LogP contribution in [0, 0.1) is 0 Å². The Kier molecular flexibility index (Phi) is 4.05. The van der Waals surface area contributed by atoms with Crippen LogP contribution in [0.25, 0.3) is 0 Å². The van der Waals surface area contributed by atoms with Crippen LogP contribution in [0.5, 0.6) is 0 Å². The van der Waals surface area contributed by atoms with Gasteiger partial charge in [0.2, 0.25) is 0 Å². The highest BCUT2D eigenvalue weighted by molar-refractivity contribution is 5.01. The molecule has 1 aliphatic carbocycles. The van der Waals surface area contributed by atoms with Crippen LogP contribution >= 0.6 is 0 Å². The van der Waals surface area contributed by atoms with Gasteiger partial charge in [-0.1, -0.05) is 12.8 Å². The van der Waals surface area contributed by atoms with Crippen molar-refractivity contribution in [3.8, 4) is 0 Å². The number of nitrogens with zero attached hydrogens (tertiary/aromatic N) is 1. The van der Waals surface area contributed by atoms with Crippen molar-refractivity contribution in [2.75, 3.05) is 13.2 Å². The Balaban J connectivity index is 2.14. The van der Waals surface area contributed by atoms with Crippen molar-refractivity contribution in [1.29, 1.82) is 0 Å². The summed E-state index contributed by atoms with van der Waals surface area (Å²) >= 11 is 0. The SMILES string of the molecule is CC1(C)CC(N(CCO)C2CCCC2)C(C)(C)O1. The molecular weight excluding hydrogens is 226 g/mol. The van der Waals surface area contributed by atoms with E-state index in [0.29, 0.717) is 12.1 Å². The van der Waals surface area contributed by atoms with Crippen LogP contribution < -0.4 is 0 Å². The van der Waals surface area contributed by atoms with E-state index < -0.39 is 0 Å². The summed E-state index contributed by atoms with van der Waals surface area (Å²) in [5, 5.41) is 9.38. The lowest BCUT2D eigenvalue weighted by Gasteiger charge is -2.39. The van der Waals surface area contributed by atoms with Crippen LogP contribution in [0.4, 0.5) is 0 Å². The molecule has 0 aromatic carbocycles. The molecule has 3 nitrogen and oxygen atoms in total. The summed E-state index contributed by atoms with van der Waals surface area (Å²) in [6.45, 7) is 9.81. The molecule has 1 saturated heterocycles. The van der Waals surface area contributed by atoms with Gasteiger partial charge in [-0.2, -0.15) is 0 Å². The molecule has 2 aliphatic rings. The van der Waals surface area contributed by atoms with Crippen molar-refractivity contribution in [3.63, 3.8) is 0 Å². The third kappa shape index (κ3) is 2.89. The zero-order valence-corrected chi connectivity index (χ0v) is 12.4. The Hall–Kier alpha value is -0.120. The highest BCUT2D eigenvalue weighted by Crippen LogP contribution is 2.42. The zero-order valence-electron chi connectivity index (χ0n) is 12.4. The van der Waals surface area contributed by atoms with Crippen LogP contribution in [0.15, 0.2) is 0 Å². The number of aliphatic hydroxyl groups excluding tert-OH is 1. The molecule has 0 spiro atoms. The van der Waals surface area contributed by atoms with E-state index in [0.717, 1.165) is 13.0 Å². The van der Waals surface area contributed by atoms with E-state index >= 15 is 0 Å². The quantitative estimate of drug-likeness (QED) is 0.838. The predicted molar refractivity (Wildman–Crippen MR) is 73.7 cm³/mol. The molecule has 18 heavy (non-hydrogen) atoms. The first kappa shape index (κ1) is 14.3. The number of rotatable bonds is 4. The van der Waals surface area contributed by atoms with Gasteiger partial charge in [-0.25, -0.2) is 0 Å². The normalized spacial score (nSPS) is 31.3. The third-order valence-electron chi connectivity index (χ3n) is 4.58. The van der Waals surface area contributed by atoms with Gasteiger partial charge < -0.3 is 9.84 Å². The molecule has 0 radical (unpaired) electrons. The molecule has 1 atom stereocenters. The molecule has 1 aliphatic heterocycles. The first-order chi connectivity index (χ1) is 8.36. The number of hydrogen-bond donors (Lipinski definition) is 1. The smallest absolute Gasteiger partial charge is 0.0789 e. The summed E-state index contributed by atoms with van der Waals surface area (Å²) in [5.74, 6) is 0. The van der Waals surface area contributed by atoms with E-state index in [2.05, 4.69) is 32.6 Å². The Labute approximate surface area is 112 Å². The lowest BCUT2D eigenvalue weighted by atomic mass is 9.91. The van der Waals surface area contributed by atoms with E-state index in [9.17, 15) is 5.11 Å². The molecule has 0 aromatic rings. The second-order valence-electron chi connectivity index (χ2n) is 7.08. The Morgan fingerprint density at radius 2 is 1.78 bits per heavy atom. The predicted octanol–water partition coefficient (Wildman–Crippen LogP) is 2.57. The molecule has 3 heteroatoms. The highest BCUT2D eigenvalue weighted by atomic mass is 16.5. The van der Waals surface area contributed by atoms with Crippen LogP contribution in [0.1, 0.15) is 59.8 Å². The maximum atomic E-state index is 9.38. The van der Waals surface area contributed by atoms with E-state index in [1.165, 1.54) is 25.7 Å². The molecule has 1 heterocycles. The summed E-state index contributed by atoms with van der Waals surface area (Å²) < 4.78 is 6.21. The molecular formula is C15H29NO2. The van der Waals surface area contributed by atoms with Gasteiger partial charge in [-0.15, -0.1) is 0 Å². The van der Waals surface area contributed by atoms with E-state index in [1.807, 2.05) is 0 Å². The summed E-state index contributed by atoms with van der Waals surface area (Å²) in [6, 6.07) is 1.08. The van der Waals surface area contributed by atoms with Gasteiger partial charge >= 0.3 is 0 Å². The van der Waals surface area contributed by atoms with Gasteiger partial charge in [-0.05, 0) is 47.0 Å². The summed E-state index contributed by atoms with van der Waals surface area (Å²) in [6.07, 6.45) is 6.31. The lowest BCUT2D eigenvalue weighted by molar-refractivity contribution is -0.0850. The largest absolute Gasteiger partial charge is 0.395 e. The van der Waals surface area contributed by atoms with Crippen molar-refractivity contribution >= 4 is 0 Å². The Morgan fingerprint density at radius 3 is 2.22 bits per heavy atom. The second-order valence-corrected chi connectivity index (χ2v) is 7.08. The van der Waals surface area contributed by atoms with E-state index in [4.69, 9.17) is 4.74 Å². The zero-order chi connectivity index (χ0) is 13.4. The van der Waals surface area contributed by atoms with Crippen LogP contribution in [0.3, 0.4) is 0 Å². The Morgan fingerprint density at radius 1 is 1.17 bits per heavy atom.